The lowest BCUT2D eigenvalue weighted by Gasteiger charge is -2.16. The second-order valence-corrected chi connectivity index (χ2v) is 6.59. The van der Waals surface area contributed by atoms with Crippen molar-refractivity contribution in [3.63, 3.8) is 0 Å². The summed E-state index contributed by atoms with van der Waals surface area (Å²) >= 11 is 0. The van der Waals surface area contributed by atoms with Crippen molar-refractivity contribution >= 4 is 43.9 Å². The topological polar surface area (TPSA) is 34.1 Å². The summed E-state index contributed by atoms with van der Waals surface area (Å²) in [5, 5.41) is 6.58. The highest BCUT2D eigenvalue weighted by Crippen LogP contribution is 2.35. The highest BCUT2D eigenvalue weighted by Gasteiger charge is 2.24. The standard InChI is InChI=1S/C23H18O2/c1-14(24)22(15(2)25)20-9-5-8-16-10-11-19-12-17-6-3-4-7-18(17)13-21(19)23(16)20/h3-13,22H,1-2H3. The van der Waals surface area contributed by atoms with Crippen LogP contribution in [0.3, 0.4) is 0 Å². The second-order valence-electron chi connectivity index (χ2n) is 6.59. The van der Waals surface area contributed by atoms with E-state index in [1.165, 1.54) is 19.2 Å². The molecule has 0 bridgehead atoms. The van der Waals surface area contributed by atoms with Crippen LogP contribution < -0.4 is 0 Å². The van der Waals surface area contributed by atoms with E-state index >= 15 is 0 Å². The maximum Gasteiger partial charge on any atom is 0.144 e. The first-order valence-electron chi connectivity index (χ1n) is 8.41. The van der Waals surface area contributed by atoms with Crippen LogP contribution in [0.2, 0.25) is 0 Å². The van der Waals surface area contributed by atoms with E-state index in [4.69, 9.17) is 0 Å². The van der Waals surface area contributed by atoms with Crippen LogP contribution in [-0.2, 0) is 9.59 Å². The third-order valence-electron chi connectivity index (χ3n) is 4.88. The molecule has 0 heterocycles. The Balaban J connectivity index is 2.17. The molecular weight excluding hydrogens is 308 g/mol. The van der Waals surface area contributed by atoms with E-state index in [0.717, 1.165) is 32.5 Å². The van der Waals surface area contributed by atoms with Crippen molar-refractivity contribution < 1.29 is 9.59 Å². The van der Waals surface area contributed by atoms with Gasteiger partial charge in [0.2, 0.25) is 0 Å². The molecule has 0 saturated heterocycles. The van der Waals surface area contributed by atoms with Gasteiger partial charge in [0, 0.05) is 0 Å². The van der Waals surface area contributed by atoms with Crippen molar-refractivity contribution in [2.24, 2.45) is 0 Å². The minimum Gasteiger partial charge on any atom is -0.299 e. The van der Waals surface area contributed by atoms with Gasteiger partial charge in [-0.05, 0) is 63.9 Å². The van der Waals surface area contributed by atoms with Crippen LogP contribution in [0.15, 0.2) is 66.7 Å². The normalized spacial score (nSPS) is 11.5. The number of carbonyl (C=O) groups excluding carboxylic acids is 2. The van der Waals surface area contributed by atoms with Crippen LogP contribution in [0, 0.1) is 0 Å². The average molecular weight is 326 g/mol. The third-order valence-corrected chi connectivity index (χ3v) is 4.88. The first kappa shape index (κ1) is 15.5. The molecule has 0 atom stereocenters. The zero-order chi connectivity index (χ0) is 17.6. The highest BCUT2D eigenvalue weighted by atomic mass is 16.1. The predicted octanol–water partition coefficient (Wildman–Crippen LogP) is 5.41. The van der Waals surface area contributed by atoms with Crippen LogP contribution in [0.5, 0.6) is 0 Å². The molecule has 0 unspecified atom stereocenters. The molecule has 4 rings (SSSR count). The first-order chi connectivity index (χ1) is 12.1. The van der Waals surface area contributed by atoms with Gasteiger partial charge in [-0.1, -0.05) is 54.6 Å². The minimum absolute atomic E-state index is 0.113. The number of rotatable bonds is 3. The Morgan fingerprint density at radius 2 is 1.28 bits per heavy atom. The number of fused-ring (bicyclic) bond motifs is 4. The van der Waals surface area contributed by atoms with E-state index in [0.29, 0.717) is 0 Å². The number of hydrogen-bond donors (Lipinski definition) is 0. The minimum atomic E-state index is -0.708. The van der Waals surface area contributed by atoms with Gasteiger partial charge in [0.25, 0.3) is 0 Å². The molecule has 4 aromatic carbocycles. The summed E-state index contributed by atoms with van der Waals surface area (Å²) in [6.07, 6.45) is 0. The smallest absolute Gasteiger partial charge is 0.144 e. The van der Waals surface area contributed by atoms with Gasteiger partial charge >= 0.3 is 0 Å². The monoisotopic (exact) mass is 326 g/mol. The Morgan fingerprint density at radius 3 is 1.96 bits per heavy atom. The molecule has 0 amide bonds. The fraction of sp³-hybridized carbons (Fsp3) is 0.130. The molecule has 122 valence electrons. The summed E-state index contributed by atoms with van der Waals surface area (Å²) in [6.45, 7) is 2.98. The molecule has 2 nitrogen and oxygen atoms in total. The van der Waals surface area contributed by atoms with Crippen molar-refractivity contribution in [1.82, 2.24) is 0 Å². The van der Waals surface area contributed by atoms with Crippen LogP contribution in [0.25, 0.3) is 32.3 Å². The molecule has 0 spiro atoms. The van der Waals surface area contributed by atoms with Crippen molar-refractivity contribution in [3.8, 4) is 0 Å². The molecule has 0 radical (unpaired) electrons. The Labute approximate surface area is 146 Å². The fourth-order valence-electron chi connectivity index (χ4n) is 3.80. The zero-order valence-electron chi connectivity index (χ0n) is 14.2. The fourth-order valence-corrected chi connectivity index (χ4v) is 3.80. The van der Waals surface area contributed by atoms with E-state index in [1.807, 2.05) is 30.3 Å². The van der Waals surface area contributed by atoms with E-state index in [1.54, 1.807) is 0 Å². The summed E-state index contributed by atoms with van der Waals surface area (Å²) in [7, 11) is 0. The summed E-state index contributed by atoms with van der Waals surface area (Å²) in [4.78, 5) is 24.3. The van der Waals surface area contributed by atoms with Crippen LogP contribution >= 0.6 is 0 Å². The Bertz CT molecular complexity index is 1140. The molecule has 25 heavy (non-hydrogen) atoms. The largest absolute Gasteiger partial charge is 0.299 e. The number of ketones is 2. The Hall–Kier alpha value is -3.00. The SMILES string of the molecule is CC(=O)C(C(C)=O)c1cccc2ccc3cc4ccccc4cc3c12. The van der Waals surface area contributed by atoms with E-state index in [-0.39, 0.29) is 11.6 Å². The molecule has 0 aliphatic carbocycles. The Kier molecular flexibility index (Phi) is 3.61. The van der Waals surface area contributed by atoms with Gasteiger partial charge in [0.15, 0.2) is 0 Å². The van der Waals surface area contributed by atoms with Crippen molar-refractivity contribution in [2.45, 2.75) is 19.8 Å². The van der Waals surface area contributed by atoms with Crippen LogP contribution in [0.1, 0.15) is 25.3 Å². The van der Waals surface area contributed by atoms with Crippen LogP contribution in [0.4, 0.5) is 0 Å². The number of Topliss-reactive ketones (excluding diaryl/α,β-unsaturated/α-hetero) is 2. The first-order valence-corrected chi connectivity index (χ1v) is 8.41. The van der Waals surface area contributed by atoms with Gasteiger partial charge in [-0.2, -0.15) is 0 Å². The molecule has 4 aromatic rings. The van der Waals surface area contributed by atoms with Gasteiger partial charge in [0.1, 0.15) is 17.5 Å². The van der Waals surface area contributed by atoms with Gasteiger partial charge in [0.05, 0.1) is 0 Å². The quantitative estimate of drug-likeness (QED) is 0.287. The summed E-state index contributed by atoms with van der Waals surface area (Å²) < 4.78 is 0. The van der Waals surface area contributed by atoms with E-state index in [2.05, 4.69) is 36.4 Å². The molecule has 0 saturated carbocycles. The van der Waals surface area contributed by atoms with Crippen LogP contribution in [-0.4, -0.2) is 11.6 Å². The average Bonchev–Trinajstić information content (AvgIpc) is 2.59. The zero-order valence-corrected chi connectivity index (χ0v) is 14.2. The van der Waals surface area contributed by atoms with Gasteiger partial charge in [-0.3, -0.25) is 9.59 Å². The summed E-state index contributed by atoms with van der Waals surface area (Å²) in [6, 6.07) is 22.6. The number of hydrogen-bond acceptors (Lipinski definition) is 2. The molecule has 0 aliphatic heterocycles. The molecule has 2 heteroatoms. The van der Waals surface area contributed by atoms with Crippen molar-refractivity contribution in [1.29, 1.82) is 0 Å². The molecular formula is C23H18O2. The lowest BCUT2D eigenvalue weighted by molar-refractivity contribution is -0.126. The lowest BCUT2D eigenvalue weighted by atomic mass is 9.86. The van der Waals surface area contributed by atoms with E-state index in [9.17, 15) is 9.59 Å². The van der Waals surface area contributed by atoms with Gasteiger partial charge in [-0.15, -0.1) is 0 Å². The predicted molar refractivity (Wildman–Crippen MR) is 103 cm³/mol. The molecule has 0 aliphatic rings. The summed E-state index contributed by atoms with van der Waals surface area (Å²) in [5.41, 5.74) is 0.804. The molecule has 0 fully saturated rings. The van der Waals surface area contributed by atoms with Gasteiger partial charge < -0.3 is 0 Å². The summed E-state index contributed by atoms with van der Waals surface area (Å²) in [5.74, 6) is -0.934. The number of carbonyl (C=O) groups is 2. The molecule has 0 aromatic heterocycles. The maximum atomic E-state index is 12.2. The lowest BCUT2D eigenvalue weighted by Crippen LogP contribution is -2.17. The second kappa shape index (κ2) is 5.82. The third kappa shape index (κ3) is 2.51. The molecule has 0 N–H and O–H groups in total. The number of benzene rings is 4. The van der Waals surface area contributed by atoms with E-state index < -0.39 is 5.92 Å². The Morgan fingerprint density at radius 1 is 0.680 bits per heavy atom. The maximum absolute atomic E-state index is 12.2. The van der Waals surface area contributed by atoms with Crippen molar-refractivity contribution in [3.05, 3.63) is 72.3 Å². The van der Waals surface area contributed by atoms with Gasteiger partial charge in [-0.25, -0.2) is 0 Å². The highest BCUT2D eigenvalue weighted by molar-refractivity contribution is 6.17. The van der Waals surface area contributed by atoms with Crippen molar-refractivity contribution in [2.75, 3.05) is 0 Å².